The van der Waals surface area contributed by atoms with Crippen LogP contribution in [0.5, 0.6) is 5.95 Å². The van der Waals surface area contributed by atoms with Crippen LogP contribution in [0, 0.1) is 0 Å². The van der Waals surface area contributed by atoms with E-state index in [-0.39, 0.29) is 31.4 Å². The molecule has 4 heteroatoms. The van der Waals surface area contributed by atoms with Crippen molar-refractivity contribution in [2.24, 2.45) is 0 Å². The van der Waals surface area contributed by atoms with Crippen molar-refractivity contribution in [2.45, 2.75) is 6.92 Å². The van der Waals surface area contributed by atoms with Gasteiger partial charge in [0.25, 0.3) is 5.95 Å². The van der Waals surface area contributed by atoms with Crippen LogP contribution in [-0.4, -0.2) is 5.97 Å². The molecule has 0 atom stereocenters. The zero-order valence-corrected chi connectivity index (χ0v) is 8.63. The summed E-state index contributed by atoms with van der Waals surface area (Å²) in [6.07, 6.45) is 1.44. The van der Waals surface area contributed by atoms with Crippen molar-refractivity contribution in [2.75, 3.05) is 0 Å². The summed E-state index contributed by atoms with van der Waals surface area (Å²) >= 11 is 0. The van der Waals surface area contributed by atoms with E-state index in [0.717, 1.165) is 0 Å². The third kappa shape index (κ3) is 2.78. The van der Waals surface area contributed by atoms with Crippen LogP contribution in [0.4, 0.5) is 0 Å². The van der Waals surface area contributed by atoms with Gasteiger partial charge in [0.15, 0.2) is 0 Å². The summed E-state index contributed by atoms with van der Waals surface area (Å²) in [6, 6.07) is 3.22. The molecule has 0 bridgehead atoms. The fourth-order valence-electron chi connectivity index (χ4n) is 0.463. The van der Waals surface area contributed by atoms with Crippen LogP contribution in [0.1, 0.15) is 6.92 Å². The van der Waals surface area contributed by atoms with E-state index in [0.29, 0.717) is 0 Å². The minimum atomic E-state index is -0.370. The molecule has 0 saturated heterocycles. The number of carbonyl (C=O) groups excluding carboxylic acids is 1. The molecule has 1 rings (SSSR count). The molecule has 3 nitrogen and oxygen atoms in total. The topological polar surface area (TPSA) is 39.4 Å². The van der Waals surface area contributed by atoms with Crippen LogP contribution < -0.4 is 4.74 Å². The molecule has 0 spiro atoms. The number of hydrogen-bond donors (Lipinski definition) is 0. The molecule has 0 aliphatic heterocycles. The van der Waals surface area contributed by atoms with Crippen LogP contribution in [-0.2, 0) is 24.3 Å². The van der Waals surface area contributed by atoms with Gasteiger partial charge in [-0.25, -0.2) is 0 Å². The number of ether oxygens (including phenoxy) is 1. The van der Waals surface area contributed by atoms with Gasteiger partial charge in [-0.1, -0.05) is 0 Å². The molecule has 0 aromatic carbocycles. The molecule has 0 amide bonds. The maximum absolute atomic E-state index is 10.2. The Bertz CT molecular complexity index is 193. The molecule has 10 heavy (non-hydrogen) atoms. The number of esters is 1. The molecular weight excluding hydrogens is 185 g/mol. The normalized spacial score (nSPS) is 8.10. The summed E-state index contributed by atoms with van der Waals surface area (Å²) in [4.78, 5) is 10.2. The number of furan rings is 1. The quantitative estimate of drug-likeness (QED) is 0.495. The standard InChI is InChI=1S/C6H6O3.Zn/c1-5(7)9-6-3-2-4-8-6;/h2-4H,1H3;. The molecule has 1 heterocycles. The van der Waals surface area contributed by atoms with Crippen molar-refractivity contribution >= 4 is 5.97 Å². The molecule has 0 aliphatic rings. The first-order valence-corrected chi connectivity index (χ1v) is 2.51. The van der Waals surface area contributed by atoms with Gasteiger partial charge in [0.1, 0.15) is 0 Å². The average Bonchev–Trinajstić information content (AvgIpc) is 2.15. The zero-order valence-electron chi connectivity index (χ0n) is 5.66. The Balaban J connectivity index is 0.000000810. The van der Waals surface area contributed by atoms with Crippen LogP contribution in [0.15, 0.2) is 22.8 Å². The Morgan fingerprint density at radius 3 is 2.80 bits per heavy atom. The first-order valence-electron chi connectivity index (χ1n) is 2.51. The van der Waals surface area contributed by atoms with E-state index < -0.39 is 0 Å². The number of rotatable bonds is 1. The summed E-state index contributed by atoms with van der Waals surface area (Å²) in [6.45, 7) is 1.32. The minimum absolute atomic E-state index is 0. The Kier molecular flexibility index (Phi) is 3.97. The maximum atomic E-state index is 10.2. The van der Waals surface area contributed by atoms with Gasteiger partial charge in [-0.2, -0.15) is 0 Å². The molecular formula is C6H6O3Zn. The van der Waals surface area contributed by atoms with Crippen molar-refractivity contribution in [3.8, 4) is 5.95 Å². The van der Waals surface area contributed by atoms with Crippen molar-refractivity contribution in [3.63, 3.8) is 0 Å². The molecule has 0 unspecified atom stereocenters. The van der Waals surface area contributed by atoms with Crippen LogP contribution in [0.2, 0.25) is 0 Å². The van der Waals surface area contributed by atoms with Gasteiger partial charge in [-0.05, 0) is 6.07 Å². The Morgan fingerprint density at radius 2 is 2.40 bits per heavy atom. The van der Waals surface area contributed by atoms with Gasteiger partial charge in [0.05, 0.1) is 6.26 Å². The van der Waals surface area contributed by atoms with E-state index in [1.165, 1.54) is 13.2 Å². The van der Waals surface area contributed by atoms with Gasteiger partial charge in [0.2, 0.25) is 0 Å². The van der Waals surface area contributed by atoms with Crippen molar-refractivity contribution in [3.05, 3.63) is 18.4 Å². The second-order valence-electron chi connectivity index (χ2n) is 1.53. The molecule has 0 N–H and O–H groups in total. The largest absolute Gasteiger partial charge is 0.434 e. The van der Waals surface area contributed by atoms with Crippen molar-refractivity contribution < 1.29 is 33.4 Å². The summed E-state index contributed by atoms with van der Waals surface area (Å²) < 4.78 is 9.25. The van der Waals surface area contributed by atoms with E-state index >= 15 is 0 Å². The molecule has 0 saturated carbocycles. The van der Waals surface area contributed by atoms with Crippen LogP contribution in [0.3, 0.4) is 0 Å². The van der Waals surface area contributed by atoms with Gasteiger partial charge in [-0.15, -0.1) is 0 Å². The Morgan fingerprint density at radius 1 is 1.70 bits per heavy atom. The van der Waals surface area contributed by atoms with E-state index in [1.807, 2.05) is 0 Å². The van der Waals surface area contributed by atoms with E-state index in [1.54, 1.807) is 12.1 Å². The first kappa shape index (κ1) is 9.37. The van der Waals surface area contributed by atoms with E-state index in [9.17, 15) is 4.79 Å². The van der Waals surface area contributed by atoms with Gasteiger partial charge in [-0.3, -0.25) is 4.79 Å². The molecule has 0 fully saturated rings. The third-order valence-corrected chi connectivity index (χ3v) is 0.739. The SMILES string of the molecule is CC(=O)Oc1ccco1.[Zn]. The van der Waals surface area contributed by atoms with Crippen molar-refractivity contribution in [1.29, 1.82) is 0 Å². The van der Waals surface area contributed by atoms with Crippen LogP contribution >= 0.6 is 0 Å². The van der Waals surface area contributed by atoms with Crippen LogP contribution in [0.25, 0.3) is 0 Å². The summed E-state index contributed by atoms with van der Waals surface area (Å²) in [5, 5.41) is 0. The minimum Gasteiger partial charge on any atom is -0.434 e. The van der Waals surface area contributed by atoms with Gasteiger partial charge in [0, 0.05) is 32.5 Å². The average molecular weight is 192 g/mol. The van der Waals surface area contributed by atoms with E-state index in [2.05, 4.69) is 4.74 Å². The monoisotopic (exact) mass is 190 g/mol. The summed E-state index contributed by atoms with van der Waals surface area (Å²) in [7, 11) is 0. The van der Waals surface area contributed by atoms with Gasteiger partial charge >= 0.3 is 5.97 Å². The molecule has 0 aliphatic carbocycles. The Hall–Kier alpha value is -0.627. The smallest absolute Gasteiger partial charge is 0.310 e. The number of carbonyl (C=O) groups is 1. The summed E-state index contributed by atoms with van der Waals surface area (Å²) in [5.74, 6) is -0.132. The Labute approximate surface area is 71.1 Å². The molecule has 1 aromatic rings. The second-order valence-corrected chi connectivity index (χ2v) is 1.53. The molecule has 1 aromatic heterocycles. The number of hydrogen-bond acceptors (Lipinski definition) is 3. The maximum Gasteiger partial charge on any atom is 0.310 e. The zero-order chi connectivity index (χ0) is 6.69. The third-order valence-electron chi connectivity index (χ3n) is 0.739. The predicted octanol–water partition coefficient (Wildman–Crippen LogP) is 1.20. The second kappa shape index (κ2) is 4.23. The van der Waals surface area contributed by atoms with E-state index in [4.69, 9.17) is 4.42 Å². The summed E-state index contributed by atoms with van der Waals surface area (Å²) in [5.41, 5.74) is 0. The molecule has 50 valence electrons. The molecule has 0 radical (unpaired) electrons. The van der Waals surface area contributed by atoms with Gasteiger partial charge < -0.3 is 9.15 Å². The first-order chi connectivity index (χ1) is 4.29. The predicted molar refractivity (Wildman–Crippen MR) is 30.0 cm³/mol. The van der Waals surface area contributed by atoms with Crippen molar-refractivity contribution in [1.82, 2.24) is 0 Å². The fraction of sp³-hybridized carbons (Fsp3) is 0.167. The fourth-order valence-corrected chi connectivity index (χ4v) is 0.463.